The van der Waals surface area contributed by atoms with Gasteiger partial charge in [0.25, 0.3) is 10.0 Å². The minimum Gasteiger partial charge on any atom is -0.352 e. The predicted molar refractivity (Wildman–Crippen MR) is 125 cm³/mol. The van der Waals surface area contributed by atoms with Crippen molar-refractivity contribution < 1.29 is 8.42 Å². The molecule has 0 bridgehead atoms. The van der Waals surface area contributed by atoms with Crippen LogP contribution in [0.1, 0.15) is 0 Å². The second kappa shape index (κ2) is 8.20. The van der Waals surface area contributed by atoms with Crippen LogP contribution in [0.3, 0.4) is 0 Å². The summed E-state index contributed by atoms with van der Waals surface area (Å²) in [6, 6.07) is 21.5. The third-order valence-electron chi connectivity index (χ3n) is 5.40. The van der Waals surface area contributed by atoms with Crippen LogP contribution in [0.4, 0.5) is 5.82 Å². The molecule has 1 saturated heterocycles. The van der Waals surface area contributed by atoms with Crippen molar-refractivity contribution in [1.29, 1.82) is 0 Å². The van der Waals surface area contributed by atoms with Crippen LogP contribution in [0.2, 0.25) is 4.34 Å². The molecule has 9 heteroatoms. The summed E-state index contributed by atoms with van der Waals surface area (Å²) in [6.45, 7) is 1.91. The molecule has 1 aliphatic rings. The Morgan fingerprint density at radius 2 is 1.61 bits per heavy atom. The zero-order chi connectivity index (χ0) is 21.4. The van der Waals surface area contributed by atoms with Gasteiger partial charge in [0.15, 0.2) is 5.82 Å². The minimum atomic E-state index is -3.50. The Bertz CT molecular complexity index is 1330. The summed E-state index contributed by atoms with van der Waals surface area (Å²) in [5, 5.41) is 11.2. The molecular weight excluding hydrogens is 452 g/mol. The second-order valence-corrected chi connectivity index (χ2v) is 11.2. The largest absolute Gasteiger partial charge is 0.352 e. The van der Waals surface area contributed by atoms with Gasteiger partial charge in [0, 0.05) is 31.7 Å². The number of benzene rings is 2. The van der Waals surface area contributed by atoms with E-state index in [0.29, 0.717) is 30.5 Å². The number of aromatic nitrogens is 2. The van der Waals surface area contributed by atoms with Crippen molar-refractivity contribution in [3.05, 3.63) is 71.1 Å². The predicted octanol–water partition coefficient (Wildman–Crippen LogP) is 4.52. The van der Waals surface area contributed by atoms with Gasteiger partial charge in [0.05, 0.1) is 10.0 Å². The maximum absolute atomic E-state index is 12.8. The van der Waals surface area contributed by atoms with E-state index in [2.05, 4.69) is 39.4 Å². The van der Waals surface area contributed by atoms with Crippen LogP contribution in [0.25, 0.3) is 22.0 Å². The van der Waals surface area contributed by atoms with Crippen LogP contribution in [0.15, 0.2) is 70.9 Å². The molecule has 0 aliphatic carbocycles. The molecule has 1 aliphatic heterocycles. The van der Waals surface area contributed by atoms with Crippen molar-refractivity contribution in [3.8, 4) is 11.3 Å². The van der Waals surface area contributed by atoms with E-state index in [9.17, 15) is 8.42 Å². The van der Waals surface area contributed by atoms with Crippen LogP contribution in [0.5, 0.6) is 0 Å². The van der Waals surface area contributed by atoms with Crippen LogP contribution in [-0.2, 0) is 10.0 Å². The zero-order valence-corrected chi connectivity index (χ0v) is 18.9. The Hall–Kier alpha value is -2.52. The highest BCUT2D eigenvalue weighted by Gasteiger charge is 2.30. The molecule has 0 unspecified atom stereocenters. The second-order valence-electron chi connectivity index (χ2n) is 7.29. The zero-order valence-electron chi connectivity index (χ0n) is 16.5. The first-order valence-electron chi connectivity index (χ1n) is 9.84. The highest BCUT2D eigenvalue weighted by molar-refractivity contribution is 7.91. The average molecular weight is 471 g/mol. The van der Waals surface area contributed by atoms with E-state index < -0.39 is 10.0 Å². The summed E-state index contributed by atoms with van der Waals surface area (Å²) in [7, 11) is -3.50. The fraction of sp³-hybridized carbons (Fsp3) is 0.182. The third-order valence-corrected chi connectivity index (χ3v) is 9.00. The number of anilines is 1. The van der Waals surface area contributed by atoms with Crippen molar-refractivity contribution in [3.63, 3.8) is 0 Å². The summed E-state index contributed by atoms with van der Waals surface area (Å²) < 4.78 is 27.8. The van der Waals surface area contributed by atoms with Crippen LogP contribution < -0.4 is 4.90 Å². The van der Waals surface area contributed by atoms with Gasteiger partial charge in [-0.1, -0.05) is 48.0 Å². The molecule has 0 saturated carbocycles. The minimum absolute atomic E-state index is 0.283. The van der Waals surface area contributed by atoms with Gasteiger partial charge in [-0.05, 0) is 41.1 Å². The van der Waals surface area contributed by atoms with Crippen molar-refractivity contribution in [2.24, 2.45) is 0 Å². The van der Waals surface area contributed by atoms with Crippen molar-refractivity contribution in [1.82, 2.24) is 14.5 Å². The molecule has 2 aromatic heterocycles. The van der Waals surface area contributed by atoms with E-state index >= 15 is 0 Å². The number of nitrogens with zero attached hydrogens (tertiary/aromatic N) is 4. The number of hydrogen-bond donors (Lipinski definition) is 0. The monoisotopic (exact) mass is 470 g/mol. The number of rotatable bonds is 4. The fourth-order valence-electron chi connectivity index (χ4n) is 3.72. The molecule has 0 amide bonds. The van der Waals surface area contributed by atoms with Gasteiger partial charge in [-0.25, -0.2) is 8.42 Å². The molecule has 2 aromatic carbocycles. The van der Waals surface area contributed by atoms with E-state index in [-0.39, 0.29) is 4.21 Å². The molecule has 0 atom stereocenters. The average Bonchev–Trinajstić information content (AvgIpc) is 3.26. The molecule has 3 heterocycles. The van der Waals surface area contributed by atoms with Crippen LogP contribution >= 0.6 is 22.9 Å². The summed E-state index contributed by atoms with van der Waals surface area (Å²) in [5.74, 6) is 0.751. The van der Waals surface area contributed by atoms with Gasteiger partial charge in [-0.3, -0.25) is 0 Å². The maximum Gasteiger partial charge on any atom is 0.252 e. The lowest BCUT2D eigenvalue weighted by molar-refractivity contribution is 0.384. The first-order chi connectivity index (χ1) is 15.0. The SMILES string of the molecule is O=S(=O)(c1ccc(Cl)s1)N1CCN(c2ccc(-c3ccc4ccccc4c3)nn2)CC1. The first kappa shape index (κ1) is 20.4. The molecule has 4 aromatic rings. The molecule has 0 spiro atoms. The molecular formula is C22H19ClN4O2S2. The lowest BCUT2D eigenvalue weighted by Crippen LogP contribution is -2.48. The first-order valence-corrected chi connectivity index (χ1v) is 12.5. The Kier molecular flexibility index (Phi) is 5.39. The van der Waals surface area contributed by atoms with E-state index in [4.69, 9.17) is 11.6 Å². The number of piperazine rings is 1. The Labute approximate surface area is 189 Å². The van der Waals surface area contributed by atoms with Gasteiger partial charge >= 0.3 is 0 Å². The highest BCUT2D eigenvalue weighted by Crippen LogP contribution is 2.29. The van der Waals surface area contributed by atoms with Crippen LogP contribution in [0, 0.1) is 0 Å². The molecule has 0 radical (unpaired) electrons. The van der Waals surface area contributed by atoms with Gasteiger partial charge < -0.3 is 4.90 Å². The van der Waals surface area contributed by atoms with E-state index in [1.165, 1.54) is 9.69 Å². The quantitative estimate of drug-likeness (QED) is 0.438. The lowest BCUT2D eigenvalue weighted by Gasteiger charge is -2.34. The number of sulfonamides is 1. The lowest BCUT2D eigenvalue weighted by atomic mass is 10.1. The van der Waals surface area contributed by atoms with Crippen molar-refractivity contribution >= 4 is 49.6 Å². The summed E-state index contributed by atoms with van der Waals surface area (Å²) in [5.41, 5.74) is 1.83. The van der Waals surface area contributed by atoms with Crippen molar-refractivity contribution in [2.45, 2.75) is 4.21 Å². The van der Waals surface area contributed by atoms with Gasteiger partial charge in [0.2, 0.25) is 0 Å². The number of thiophene rings is 1. The highest BCUT2D eigenvalue weighted by atomic mass is 35.5. The normalized spacial score (nSPS) is 15.5. The standard InChI is InChI=1S/C22H19ClN4O2S2/c23-20-8-10-22(30-20)31(28,29)27-13-11-26(12-14-27)21-9-7-19(24-25-21)18-6-5-16-3-1-2-4-17(16)15-18/h1-10,15H,11-14H2. The maximum atomic E-state index is 12.8. The molecule has 6 nitrogen and oxygen atoms in total. The number of hydrogen-bond acceptors (Lipinski definition) is 6. The molecule has 158 valence electrons. The van der Waals surface area contributed by atoms with E-state index in [1.807, 2.05) is 30.3 Å². The smallest absolute Gasteiger partial charge is 0.252 e. The summed E-state index contributed by atoms with van der Waals surface area (Å²) in [6.07, 6.45) is 0. The Balaban J connectivity index is 1.29. The van der Waals surface area contributed by atoms with Gasteiger partial charge in [-0.15, -0.1) is 21.5 Å². The van der Waals surface area contributed by atoms with Crippen molar-refractivity contribution in [2.75, 3.05) is 31.1 Å². The van der Waals surface area contributed by atoms with Gasteiger partial charge in [-0.2, -0.15) is 4.31 Å². The van der Waals surface area contributed by atoms with Crippen LogP contribution in [-0.4, -0.2) is 49.1 Å². The van der Waals surface area contributed by atoms with E-state index in [1.54, 1.807) is 12.1 Å². The molecule has 0 N–H and O–H groups in total. The molecule has 1 fully saturated rings. The summed E-state index contributed by atoms with van der Waals surface area (Å²) >= 11 is 6.99. The third kappa shape index (κ3) is 4.04. The molecule has 31 heavy (non-hydrogen) atoms. The van der Waals surface area contributed by atoms with E-state index in [0.717, 1.165) is 33.8 Å². The fourth-order valence-corrected chi connectivity index (χ4v) is 6.78. The topological polar surface area (TPSA) is 66.4 Å². The summed E-state index contributed by atoms with van der Waals surface area (Å²) in [4.78, 5) is 2.06. The Morgan fingerprint density at radius 3 is 2.29 bits per heavy atom. The van der Waals surface area contributed by atoms with Gasteiger partial charge in [0.1, 0.15) is 4.21 Å². The Morgan fingerprint density at radius 1 is 0.839 bits per heavy atom. The molecule has 5 rings (SSSR count). The number of halogens is 1. The number of fused-ring (bicyclic) bond motifs is 1.